The normalized spacial score (nSPS) is 15.8. The van der Waals surface area contributed by atoms with Crippen LogP contribution in [0.1, 0.15) is 34.3 Å². The zero-order chi connectivity index (χ0) is 18.4. The Kier molecular flexibility index (Phi) is 6.36. The highest BCUT2D eigenvalue weighted by molar-refractivity contribution is 5.94. The molecule has 1 aliphatic rings. The lowest BCUT2D eigenvalue weighted by Gasteiger charge is -2.36. The number of nitrogens with zero attached hydrogens (tertiary/aromatic N) is 3. The second-order valence-electron chi connectivity index (χ2n) is 6.91. The largest absolute Gasteiger partial charge is 0.380 e. The van der Waals surface area contributed by atoms with Crippen LogP contribution in [0.2, 0.25) is 0 Å². The van der Waals surface area contributed by atoms with Crippen LogP contribution in [-0.4, -0.2) is 54.0 Å². The lowest BCUT2D eigenvalue weighted by Crippen LogP contribution is -2.45. The van der Waals surface area contributed by atoms with Gasteiger partial charge in [0.05, 0.1) is 6.61 Å². The molecule has 0 N–H and O–H groups in total. The molecule has 1 amide bonds. The molecule has 0 aliphatic carbocycles. The average Bonchev–Trinajstić information content (AvgIpc) is 2.69. The van der Waals surface area contributed by atoms with Crippen LogP contribution in [-0.2, 0) is 17.9 Å². The summed E-state index contributed by atoms with van der Waals surface area (Å²) in [5.41, 5.74) is 3.11. The van der Waals surface area contributed by atoms with Crippen molar-refractivity contribution in [1.29, 1.82) is 0 Å². The lowest BCUT2D eigenvalue weighted by molar-refractivity contribution is 0.0636. The SMILES string of the molecule is COCc1ccc(C(=O)N(C)C2CCN(Cc3ccncc3)CC2)cc1. The second kappa shape index (κ2) is 8.92. The maximum Gasteiger partial charge on any atom is 0.253 e. The monoisotopic (exact) mass is 353 g/mol. The third kappa shape index (κ3) is 4.68. The Balaban J connectivity index is 1.52. The number of carbonyl (C=O) groups is 1. The Morgan fingerprint density at radius 2 is 1.77 bits per heavy atom. The molecule has 1 fully saturated rings. The van der Waals surface area contributed by atoms with Gasteiger partial charge in [-0.15, -0.1) is 0 Å². The van der Waals surface area contributed by atoms with Crippen LogP contribution in [0.4, 0.5) is 0 Å². The molecular formula is C21H27N3O2. The summed E-state index contributed by atoms with van der Waals surface area (Å²) in [6.45, 7) is 3.54. The number of ether oxygens (including phenoxy) is 1. The minimum atomic E-state index is 0.0987. The number of rotatable bonds is 6. The van der Waals surface area contributed by atoms with E-state index in [4.69, 9.17) is 4.74 Å². The molecule has 26 heavy (non-hydrogen) atoms. The molecule has 0 saturated carbocycles. The van der Waals surface area contributed by atoms with Crippen molar-refractivity contribution in [2.45, 2.75) is 32.0 Å². The van der Waals surface area contributed by atoms with Gasteiger partial charge in [0.25, 0.3) is 5.91 Å². The van der Waals surface area contributed by atoms with Gasteiger partial charge in [0.15, 0.2) is 0 Å². The Bertz CT molecular complexity index is 695. The van der Waals surface area contributed by atoms with Crippen LogP contribution in [0.5, 0.6) is 0 Å². The van der Waals surface area contributed by atoms with E-state index >= 15 is 0 Å². The molecule has 1 aliphatic heterocycles. The van der Waals surface area contributed by atoms with E-state index in [9.17, 15) is 4.79 Å². The Morgan fingerprint density at radius 1 is 1.12 bits per heavy atom. The predicted molar refractivity (Wildman–Crippen MR) is 102 cm³/mol. The molecule has 0 spiro atoms. The predicted octanol–water partition coefficient (Wildman–Crippen LogP) is 2.96. The van der Waals surface area contributed by atoms with Crippen molar-refractivity contribution in [1.82, 2.24) is 14.8 Å². The van der Waals surface area contributed by atoms with Crippen LogP contribution in [0.15, 0.2) is 48.8 Å². The van der Waals surface area contributed by atoms with Gasteiger partial charge in [-0.3, -0.25) is 14.7 Å². The number of amides is 1. The molecule has 2 heterocycles. The molecule has 3 rings (SSSR count). The van der Waals surface area contributed by atoms with Gasteiger partial charge >= 0.3 is 0 Å². The Hall–Kier alpha value is -2.24. The van der Waals surface area contributed by atoms with Gasteiger partial charge in [0.2, 0.25) is 0 Å². The van der Waals surface area contributed by atoms with Crippen LogP contribution in [0.25, 0.3) is 0 Å². The van der Waals surface area contributed by atoms with E-state index in [0.717, 1.165) is 43.6 Å². The highest BCUT2D eigenvalue weighted by atomic mass is 16.5. The molecular weight excluding hydrogens is 326 g/mol. The summed E-state index contributed by atoms with van der Waals surface area (Å²) in [5.74, 6) is 0.0987. The van der Waals surface area contributed by atoms with Crippen LogP contribution < -0.4 is 0 Å². The van der Waals surface area contributed by atoms with Gasteiger partial charge in [-0.05, 0) is 48.2 Å². The van der Waals surface area contributed by atoms with E-state index in [2.05, 4.69) is 22.0 Å². The number of benzene rings is 1. The minimum Gasteiger partial charge on any atom is -0.380 e. The van der Waals surface area contributed by atoms with Crippen molar-refractivity contribution >= 4 is 5.91 Å². The molecule has 0 bridgehead atoms. The third-order valence-electron chi connectivity index (χ3n) is 5.09. The minimum absolute atomic E-state index is 0.0987. The number of likely N-dealkylation sites (tertiary alicyclic amines) is 1. The van der Waals surface area contributed by atoms with Crippen molar-refractivity contribution in [3.63, 3.8) is 0 Å². The van der Waals surface area contributed by atoms with Crippen molar-refractivity contribution in [3.8, 4) is 0 Å². The van der Waals surface area contributed by atoms with E-state index < -0.39 is 0 Å². The second-order valence-corrected chi connectivity index (χ2v) is 6.91. The molecule has 5 heteroatoms. The fourth-order valence-corrected chi connectivity index (χ4v) is 3.49. The third-order valence-corrected chi connectivity index (χ3v) is 5.09. The first kappa shape index (κ1) is 18.5. The number of hydrogen-bond acceptors (Lipinski definition) is 4. The van der Waals surface area contributed by atoms with E-state index in [1.54, 1.807) is 7.11 Å². The molecule has 2 aromatic rings. The molecule has 0 atom stereocenters. The molecule has 138 valence electrons. The van der Waals surface area contributed by atoms with Gasteiger partial charge in [-0.25, -0.2) is 0 Å². The fourth-order valence-electron chi connectivity index (χ4n) is 3.49. The van der Waals surface area contributed by atoms with Gasteiger partial charge in [-0.1, -0.05) is 12.1 Å². The first-order valence-electron chi connectivity index (χ1n) is 9.13. The van der Waals surface area contributed by atoms with E-state index in [-0.39, 0.29) is 5.91 Å². The molecule has 0 radical (unpaired) electrons. The number of methoxy groups -OCH3 is 1. The van der Waals surface area contributed by atoms with Crippen molar-refractivity contribution < 1.29 is 9.53 Å². The molecule has 0 unspecified atom stereocenters. The van der Waals surface area contributed by atoms with Gasteiger partial charge in [-0.2, -0.15) is 0 Å². The number of pyridine rings is 1. The zero-order valence-electron chi connectivity index (χ0n) is 15.6. The summed E-state index contributed by atoms with van der Waals surface area (Å²) in [7, 11) is 3.60. The average molecular weight is 353 g/mol. The summed E-state index contributed by atoms with van der Waals surface area (Å²) < 4.78 is 5.12. The molecule has 1 saturated heterocycles. The topological polar surface area (TPSA) is 45.7 Å². The van der Waals surface area contributed by atoms with Gasteiger partial charge in [0.1, 0.15) is 0 Å². The van der Waals surface area contributed by atoms with E-state index in [1.807, 2.05) is 48.6 Å². The maximum atomic E-state index is 12.8. The van der Waals surface area contributed by atoms with Crippen molar-refractivity contribution in [3.05, 3.63) is 65.5 Å². The van der Waals surface area contributed by atoms with Gasteiger partial charge < -0.3 is 9.64 Å². The summed E-state index contributed by atoms with van der Waals surface area (Å²) in [5, 5.41) is 0. The van der Waals surface area contributed by atoms with E-state index in [1.165, 1.54) is 5.56 Å². The fraction of sp³-hybridized carbons (Fsp3) is 0.429. The highest BCUT2D eigenvalue weighted by Crippen LogP contribution is 2.19. The molecule has 1 aromatic heterocycles. The summed E-state index contributed by atoms with van der Waals surface area (Å²) >= 11 is 0. The molecule has 5 nitrogen and oxygen atoms in total. The first-order chi connectivity index (χ1) is 12.7. The standard InChI is InChI=1S/C21H27N3O2/c1-23(21(25)19-5-3-18(4-6-19)16-26-2)20-9-13-24(14-10-20)15-17-7-11-22-12-8-17/h3-8,11-12,20H,9-10,13-16H2,1-2H3. The summed E-state index contributed by atoms with van der Waals surface area (Å²) in [6, 6.07) is 12.1. The van der Waals surface area contributed by atoms with Gasteiger partial charge in [0, 0.05) is 57.8 Å². The van der Waals surface area contributed by atoms with Crippen molar-refractivity contribution in [2.24, 2.45) is 0 Å². The molecule has 1 aromatic carbocycles. The Labute approximate surface area is 155 Å². The maximum absolute atomic E-state index is 12.8. The summed E-state index contributed by atoms with van der Waals surface area (Å²) in [4.78, 5) is 21.2. The van der Waals surface area contributed by atoms with Crippen molar-refractivity contribution in [2.75, 3.05) is 27.2 Å². The lowest BCUT2D eigenvalue weighted by atomic mass is 10.0. The highest BCUT2D eigenvalue weighted by Gasteiger charge is 2.26. The number of piperidine rings is 1. The van der Waals surface area contributed by atoms with Crippen LogP contribution >= 0.6 is 0 Å². The van der Waals surface area contributed by atoms with Crippen LogP contribution in [0.3, 0.4) is 0 Å². The smallest absolute Gasteiger partial charge is 0.253 e. The quantitative estimate of drug-likeness (QED) is 0.801. The number of carbonyl (C=O) groups excluding carboxylic acids is 1. The van der Waals surface area contributed by atoms with Crippen LogP contribution in [0, 0.1) is 0 Å². The number of hydrogen-bond donors (Lipinski definition) is 0. The van der Waals surface area contributed by atoms with E-state index in [0.29, 0.717) is 12.6 Å². The summed E-state index contributed by atoms with van der Waals surface area (Å²) in [6.07, 6.45) is 5.70. The Morgan fingerprint density at radius 3 is 2.38 bits per heavy atom. The number of aromatic nitrogens is 1. The first-order valence-corrected chi connectivity index (χ1v) is 9.13. The zero-order valence-corrected chi connectivity index (χ0v) is 15.6.